The van der Waals surface area contributed by atoms with Gasteiger partial charge in [0.2, 0.25) is 0 Å². The normalized spacial score (nSPS) is 11.1. The molecule has 1 aromatic carbocycles. The van der Waals surface area contributed by atoms with Crippen molar-refractivity contribution in [2.24, 2.45) is 5.73 Å². The molecule has 0 aliphatic carbocycles. The second kappa shape index (κ2) is 6.37. The SMILES string of the molecule is CCc1nn(Cc2cccc(F)c2Cl)c(CC)c1CN. The average Bonchev–Trinajstić information content (AvgIpc) is 2.80. The fourth-order valence-corrected chi connectivity index (χ4v) is 2.65. The molecule has 0 radical (unpaired) electrons. The fourth-order valence-electron chi connectivity index (χ4n) is 2.47. The van der Waals surface area contributed by atoms with Crippen molar-refractivity contribution in [1.29, 1.82) is 0 Å². The molecule has 0 unspecified atom stereocenters. The van der Waals surface area contributed by atoms with Gasteiger partial charge in [0.05, 0.1) is 17.3 Å². The molecule has 0 spiro atoms. The summed E-state index contributed by atoms with van der Waals surface area (Å²) in [6, 6.07) is 4.84. The molecule has 20 heavy (non-hydrogen) atoms. The summed E-state index contributed by atoms with van der Waals surface area (Å²) < 4.78 is 15.4. The molecule has 0 atom stereocenters. The van der Waals surface area contributed by atoms with Gasteiger partial charge in [-0.25, -0.2) is 4.39 Å². The molecule has 0 aliphatic heterocycles. The first-order valence-corrected chi connectivity index (χ1v) is 7.20. The summed E-state index contributed by atoms with van der Waals surface area (Å²) >= 11 is 6.01. The number of hydrogen-bond acceptors (Lipinski definition) is 2. The molecule has 2 N–H and O–H groups in total. The van der Waals surface area contributed by atoms with Gasteiger partial charge in [-0.1, -0.05) is 37.6 Å². The Balaban J connectivity index is 2.43. The summed E-state index contributed by atoms with van der Waals surface area (Å²) in [6.07, 6.45) is 1.68. The lowest BCUT2D eigenvalue weighted by molar-refractivity contribution is 0.611. The summed E-state index contributed by atoms with van der Waals surface area (Å²) in [7, 11) is 0. The third-order valence-electron chi connectivity index (χ3n) is 3.48. The largest absolute Gasteiger partial charge is 0.326 e. The fraction of sp³-hybridized carbons (Fsp3) is 0.400. The van der Waals surface area contributed by atoms with Crippen LogP contribution in [0.5, 0.6) is 0 Å². The highest BCUT2D eigenvalue weighted by atomic mass is 35.5. The predicted molar refractivity (Wildman–Crippen MR) is 79.4 cm³/mol. The van der Waals surface area contributed by atoms with E-state index < -0.39 is 5.82 Å². The minimum Gasteiger partial charge on any atom is -0.326 e. The van der Waals surface area contributed by atoms with Crippen molar-refractivity contribution < 1.29 is 4.39 Å². The standard InChI is InChI=1S/C15H19ClFN3/c1-3-13-11(8-18)14(4-2)20(19-13)9-10-6-5-7-12(17)15(10)16/h5-7H,3-4,8-9,18H2,1-2H3. The van der Waals surface area contributed by atoms with Crippen molar-refractivity contribution in [3.63, 3.8) is 0 Å². The number of halogens is 2. The lowest BCUT2D eigenvalue weighted by atomic mass is 10.1. The highest BCUT2D eigenvalue weighted by Gasteiger charge is 2.15. The Hall–Kier alpha value is -1.39. The smallest absolute Gasteiger partial charge is 0.142 e. The Bertz CT molecular complexity index is 607. The molecule has 2 aromatic rings. The van der Waals surface area contributed by atoms with Crippen LogP contribution in [0.15, 0.2) is 18.2 Å². The Labute approximate surface area is 123 Å². The van der Waals surface area contributed by atoms with Crippen LogP contribution < -0.4 is 5.73 Å². The predicted octanol–water partition coefficient (Wildman–Crippen LogP) is 3.31. The summed E-state index contributed by atoms with van der Waals surface area (Å²) in [5.74, 6) is -0.399. The van der Waals surface area contributed by atoms with Crippen molar-refractivity contribution >= 4 is 11.6 Å². The van der Waals surface area contributed by atoms with Gasteiger partial charge in [0, 0.05) is 17.8 Å². The maximum Gasteiger partial charge on any atom is 0.142 e. The topological polar surface area (TPSA) is 43.8 Å². The number of rotatable bonds is 5. The zero-order valence-corrected chi connectivity index (χ0v) is 12.5. The van der Waals surface area contributed by atoms with Crippen molar-refractivity contribution in [1.82, 2.24) is 9.78 Å². The molecule has 0 saturated carbocycles. The van der Waals surface area contributed by atoms with Gasteiger partial charge in [0.15, 0.2) is 0 Å². The van der Waals surface area contributed by atoms with E-state index in [0.29, 0.717) is 13.1 Å². The zero-order valence-electron chi connectivity index (χ0n) is 11.8. The minimum absolute atomic E-state index is 0.164. The third kappa shape index (κ3) is 2.72. The quantitative estimate of drug-likeness (QED) is 0.920. The van der Waals surface area contributed by atoms with E-state index in [2.05, 4.69) is 18.9 Å². The van der Waals surface area contributed by atoms with Crippen molar-refractivity contribution in [3.05, 3.63) is 51.6 Å². The van der Waals surface area contributed by atoms with Gasteiger partial charge >= 0.3 is 0 Å². The van der Waals surface area contributed by atoms with Crippen molar-refractivity contribution in [3.8, 4) is 0 Å². The molecule has 3 nitrogen and oxygen atoms in total. The molecule has 0 bridgehead atoms. The number of nitrogens with zero attached hydrogens (tertiary/aromatic N) is 2. The number of benzene rings is 1. The molecule has 0 fully saturated rings. The van der Waals surface area contributed by atoms with Gasteiger partial charge in [-0.3, -0.25) is 4.68 Å². The van der Waals surface area contributed by atoms with Crippen LogP contribution in [0.4, 0.5) is 4.39 Å². The van der Waals surface area contributed by atoms with Crippen LogP contribution in [0.2, 0.25) is 5.02 Å². The van der Waals surface area contributed by atoms with Gasteiger partial charge in [0.1, 0.15) is 5.82 Å². The van der Waals surface area contributed by atoms with Crippen LogP contribution in [0.1, 0.15) is 36.4 Å². The van der Waals surface area contributed by atoms with Crippen LogP contribution in [-0.4, -0.2) is 9.78 Å². The molecule has 5 heteroatoms. The highest BCUT2D eigenvalue weighted by Crippen LogP contribution is 2.23. The van der Waals surface area contributed by atoms with E-state index in [-0.39, 0.29) is 5.02 Å². The number of aromatic nitrogens is 2. The van der Waals surface area contributed by atoms with Crippen molar-refractivity contribution in [2.75, 3.05) is 0 Å². The monoisotopic (exact) mass is 295 g/mol. The number of hydrogen-bond donors (Lipinski definition) is 1. The first-order chi connectivity index (χ1) is 9.62. The first kappa shape index (κ1) is 15.0. The van der Waals surface area contributed by atoms with Gasteiger partial charge in [-0.05, 0) is 24.5 Å². The van der Waals surface area contributed by atoms with E-state index in [4.69, 9.17) is 17.3 Å². The Morgan fingerprint density at radius 2 is 2.05 bits per heavy atom. The maximum absolute atomic E-state index is 13.5. The third-order valence-corrected chi connectivity index (χ3v) is 3.90. The molecular weight excluding hydrogens is 277 g/mol. The van der Waals surface area contributed by atoms with E-state index in [1.54, 1.807) is 6.07 Å². The Kier molecular flexibility index (Phi) is 4.78. The second-order valence-corrected chi connectivity index (χ2v) is 5.03. The van der Waals surface area contributed by atoms with E-state index in [0.717, 1.165) is 35.4 Å². The van der Waals surface area contributed by atoms with E-state index >= 15 is 0 Å². The number of nitrogens with two attached hydrogens (primary N) is 1. The molecule has 0 amide bonds. The molecule has 0 aliphatic rings. The van der Waals surface area contributed by atoms with Gasteiger partial charge in [0.25, 0.3) is 0 Å². The van der Waals surface area contributed by atoms with Crippen LogP contribution in [-0.2, 0) is 25.9 Å². The van der Waals surface area contributed by atoms with Crippen molar-refractivity contribution in [2.45, 2.75) is 39.8 Å². The molecular formula is C15H19ClFN3. The van der Waals surface area contributed by atoms with Gasteiger partial charge < -0.3 is 5.73 Å². The maximum atomic E-state index is 13.5. The Morgan fingerprint density at radius 3 is 2.65 bits per heavy atom. The Morgan fingerprint density at radius 1 is 1.30 bits per heavy atom. The minimum atomic E-state index is -0.399. The average molecular weight is 296 g/mol. The lowest BCUT2D eigenvalue weighted by Gasteiger charge is -2.09. The number of aryl methyl sites for hydroxylation is 1. The van der Waals surface area contributed by atoms with Gasteiger partial charge in [-0.15, -0.1) is 0 Å². The van der Waals surface area contributed by atoms with E-state index in [1.165, 1.54) is 6.07 Å². The molecule has 2 rings (SSSR count). The van der Waals surface area contributed by atoms with Crippen LogP contribution in [0, 0.1) is 5.82 Å². The molecule has 1 aromatic heterocycles. The molecule has 108 valence electrons. The zero-order chi connectivity index (χ0) is 14.7. The van der Waals surface area contributed by atoms with Crippen LogP contribution in [0.25, 0.3) is 0 Å². The second-order valence-electron chi connectivity index (χ2n) is 4.65. The van der Waals surface area contributed by atoms with Crippen LogP contribution >= 0.6 is 11.6 Å². The lowest BCUT2D eigenvalue weighted by Crippen LogP contribution is -2.08. The van der Waals surface area contributed by atoms with E-state index in [1.807, 2.05) is 10.7 Å². The molecule has 0 saturated heterocycles. The van der Waals surface area contributed by atoms with Crippen LogP contribution in [0.3, 0.4) is 0 Å². The summed E-state index contributed by atoms with van der Waals surface area (Å²) in [4.78, 5) is 0. The highest BCUT2D eigenvalue weighted by molar-refractivity contribution is 6.31. The summed E-state index contributed by atoms with van der Waals surface area (Å²) in [6.45, 7) is 5.07. The van der Waals surface area contributed by atoms with E-state index in [9.17, 15) is 4.39 Å². The first-order valence-electron chi connectivity index (χ1n) is 6.82. The summed E-state index contributed by atoms with van der Waals surface area (Å²) in [5.41, 5.74) is 9.77. The van der Waals surface area contributed by atoms with Gasteiger partial charge in [-0.2, -0.15) is 5.10 Å². The molecule has 1 heterocycles. The summed E-state index contributed by atoms with van der Waals surface area (Å²) in [5, 5.41) is 4.76.